The summed E-state index contributed by atoms with van der Waals surface area (Å²) in [6.45, 7) is 13.0. The fourth-order valence-corrected chi connectivity index (χ4v) is 3.00. The summed E-state index contributed by atoms with van der Waals surface area (Å²) in [6.07, 6.45) is 2.10. The van der Waals surface area contributed by atoms with E-state index < -0.39 is 5.54 Å². The van der Waals surface area contributed by atoms with Gasteiger partial charge >= 0.3 is 0 Å². The summed E-state index contributed by atoms with van der Waals surface area (Å²) in [5.74, 6) is 0. The number of rotatable bonds is 5. The van der Waals surface area contributed by atoms with Gasteiger partial charge in [0.2, 0.25) is 0 Å². The third kappa shape index (κ3) is 5.48. The van der Waals surface area contributed by atoms with Gasteiger partial charge in [0.1, 0.15) is 5.54 Å². The Kier molecular flexibility index (Phi) is 6.25. The number of hydrogen-bond donors (Lipinski definition) is 1. The molecule has 1 heterocycles. The molecule has 1 saturated heterocycles. The summed E-state index contributed by atoms with van der Waals surface area (Å²) >= 11 is 0. The Balaban J connectivity index is 2.57. The van der Waals surface area contributed by atoms with Crippen LogP contribution in [0.5, 0.6) is 0 Å². The molecule has 0 aromatic rings. The number of hydrogen-bond acceptors (Lipinski definition) is 4. The molecule has 4 nitrogen and oxygen atoms in total. The zero-order chi connectivity index (χ0) is 14.5. The number of nitriles is 1. The molecule has 2 unspecified atom stereocenters. The second kappa shape index (κ2) is 7.23. The molecule has 0 aliphatic carbocycles. The molecule has 0 saturated carbocycles. The van der Waals surface area contributed by atoms with Crippen molar-refractivity contribution in [3.05, 3.63) is 0 Å². The molecule has 1 fully saturated rings. The van der Waals surface area contributed by atoms with Gasteiger partial charge < -0.3 is 4.90 Å². The van der Waals surface area contributed by atoms with Crippen LogP contribution in [0, 0.1) is 11.3 Å². The monoisotopic (exact) mass is 266 g/mol. The Labute approximate surface area is 118 Å². The van der Waals surface area contributed by atoms with E-state index in [0.29, 0.717) is 12.1 Å². The quantitative estimate of drug-likeness (QED) is 0.822. The zero-order valence-electron chi connectivity index (χ0n) is 13.2. The molecule has 0 bridgehead atoms. The molecule has 1 N–H and O–H groups in total. The Morgan fingerprint density at radius 2 is 1.89 bits per heavy atom. The molecular formula is C15H30N4. The topological polar surface area (TPSA) is 42.3 Å². The summed E-state index contributed by atoms with van der Waals surface area (Å²) < 4.78 is 0. The predicted molar refractivity (Wildman–Crippen MR) is 80.1 cm³/mol. The van der Waals surface area contributed by atoms with Crippen LogP contribution in [0.15, 0.2) is 0 Å². The maximum absolute atomic E-state index is 9.44. The van der Waals surface area contributed by atoms with Crippen molar-refractivity contribution >= 4 is 0 Å². The van der Waals surface area contributed by atoms with Gasteiger partial charge in [-0.05, 0) is 60.7 Å². The van der Waals surface area contributed by atoms with Crippen molar-refractivity contribution < 1.29 is 0 Å². The van der Waals surface area contributed by atoms with Crippen LogP contribution in [0.3, 0.4) is 0 Å². The van der Waals surface area contributed by atoms with Crippen molar-refractivity contribution in [3.8, 4) is 6.07 Å². The van der Waals surface area contributed by atoms with E-state index in [0.717, 1.165) is 26.1 Å². The molecule has 1 rings (SSSR count). The molecule has 110 valence electrons. The van der Waals surface area contributed by atoms with Crippen molar-refractivity contribution in [1.82, 2.24) is 15.1 Å². The van der Waals surface area contributed by atoms with Crippen LogP contribution in [0.25, 0.3) is 0 Å². The maximum atomic E-state index is 9.44. The van der Waals surface area contributed by atoms with Crippen LogP contribution >= 0.6 is 0 Å². The first kappa shape index (κ1) is 16.4. The van der Waals surface area contributed by atoms with E-state index in [1.807, 2.05) is 6.92 Å². The van der Waals surface area contributed by atoms with Crippen LogP contribution in [-0.2, 0) is 0 Å². The minimum atomic E-state index is -0.425. The molecular weight excluding hydrogens is 236 g/mol. The van der Waals surface area contributed by atoms with Gasteiger partial charge in [-0.2, -0.15) is 5.26 Å². The molecule has 4 heteroatoms. The fraction of sp³-hybridized carbons (Fsp3) is 0.933. The first-order chi connectivity index (χ1) is 8.86. The maximum Gasteiger partial charge on any atom is 0.105 e. The largest absolute Gasteiger partial charge is 0.305 e. The van der Waals surface area contributed by atoms with E-state index in [1.165, 1.54) is 13.0 Å². The molecule has 0 radical (unpaired) electrons. The van der Waals surface area contributed by atoms with Crippen molar-refractivity contribution in [1.29, 1.82) is 5.26 Å². The minimum Gasteiger partial charge on any atom is -0.305 e. The van der Waals surface area contributed by atoms with Gasteiger partial charge in [-0.15, -0.1) is 0 Å². The van der Waals surface area contributed by atoms with Crippen molar-refractivity contribution in [3.63, 3.8) is 0 Å². The summed E-state index contributed by atoms with van der Waals surface area (Å²) in [6, 6.07) is 3.24. The van der Waals surface area contributed by atoms with Crippen LogP contribution in [0.2, 0.25) is 0 Å². The Hall–Kier alpha value is -0.630. The lowest BCUT2D eigenvalue weighted by atomic mass is 9.93. The van der Waals surface area contributed by atoms with Gasteiger partial charge in [-0.25, -0.2) is 0 Å². The number of likely N-dealkylation sites (N-methyl/N-ethyl adjacent to an activating group) is 1. The van der Waals surface area contributed by atoms with Gasteiger partial charge in [0, 0.05) is 25.2 Å². The van der Waals surface area contributed by atoms with Crippen LogP contribution in [0.4, 0.5) is 0 Å². The lowest BCUT2D eigenvalue weighted by Crippen LogP contribution is -2.50. The van der Waals surface area contributed by atoms with Gasteiger partial charge in [0.05, 0.1) is 6.07 Å². The van der Waals surface area contributed by atoms with E-state index in [2.05, 4.69) is 49.0 Å². The van der Waals surface area contributed by atoms with E-state index in [4.69, 9.17) is 0 Å². The Morgan fingerprint density at radius 3 is 2.47 bits per heavy atom. The summed E-state index contributed by atoms with van der Waals surface area (Å²) in [4.78, 5) is 4.92. The van der Waals surface area contributed by atoms with E-state index in [9.17, 15) is 5.26 Å². The van der Waals surface area contributed by atoms with E-state index in [1.54, 1.807) is 0 Å². The van der Waals surface area contributed by atoms with Crippen LogP contribution in [0.1, 0.15) is 40.5 Å². The molecule has 1 aliphatic heterocycles. The van der Waals surface area contributed by atoms with Crippen molar-refractivity contribution in [2.45, 2.75) is 58.2 Å². The SMILES string of the molecule is CC(C)NC(C)(C#N)CC(C)N1CCCN(C)CC1. The smallest absolute Gasteiger partial charge is 0.105 e. The molecule has 19 heavy (non-hydrogen) atoms. The summed E-state index contributed by atoms with van der Waals surface area (Å²) in [7, 11) is 2.19. The summed E-state index contributed by atoms with van der Waals surface area (Å²) in [5.41, 5.74) is -0.425. The predicted octanol–water partition coefficient (Wildman–Crippen LogP) is 1.68. The second-order valence-corrected chi connectivity index (χ2v) is 6.49. The Bertz CT molecular complexity index is 310. The van der Waals surface area contributed by atoms with Crippen molar-refractivity contribution in [2.24, 2.45) is 0 Å². The van der Waals surface area contributed by atoms with Crippen LogP contribution in [-0.4, -0.2) is 60.6 Å². The molecule has 0 aromatic heterocycles. The highest BCUT2D eigenvalue weighted by atomic mass is 15.2. The molecule has 2 atom stereocenters. The zero-order valence-corrected chi connectivity index (χ0v) is 13.2. The van der Waals surface area contributed by atoms with Crippen molar-refractivity contribution in [2.75, 3.05) is 33.2 Å². The molecule has 0 amide bonds. The number of nitrogens with zero attached hydrogens (tertiary/aromatic N) is 3. The Morgan fingerprint density at radius 1 is 1.21 bits per heavy atom. The average Bonchev–Trinajstić information content (AvgIpc) is 2.53. The highest BCUT2D eigenvalue weighted by Gasteiger charge is 2.29. The van der Waals surface area contributed by atoms with Gasteiger partial charge in [0.15, 0.2) is 0 Å². The second-order valence-electron chi connectivity index (χ2n) is 6.49. The highest BCUT2D eigenvalue weighted by Crippen LogP contribution is 2.18. The van der Waals surface area contributed by atoms with Crippen LogP contribution < -0.4 is 5.32 Å². The normalized spacial score (nSPS) is 23.6. The van der Waals surface area contributed by atoms with Gasteiger partial charge in [0.25, 0.3) is 0 Å². The highest BCUT2D eigenvalue weighted by molar-refractivity contribution is 5.06. The lowest BCUT2D eigenvalue weighted by Gasteiger charge is -2.34. The first-order valence-corrected chi connectivity index (χ1v) is 7.48. The van der Waals surface area contributed by atoms with E-state index >= 15 is 0 Å². The molecule has 0 spiro atoms. The lowest BCUT2D eigenvalue weighted by molar-refractivity contribution is 0.178. The standard InChI is InChI=1S/C15H30N4/c1-13(2)17-15(4,12-16)11-14(3)19-8-6-7-18(5)9-10-19/h13-14,17H,6-11H2,1-5H3. The van der Waals surface area contributed by atoms with E-state index in [-0.39, 0.29) is 0 Å². The average molecular weight is 266 g/mol. The molecule has 0 aromatic carbocycles. The molecule has 1 aliphatic rings. The minimum absolute atomic E-state index is 0.340. The first-order valence-electron chi connectivity index (χ1n) is 7.48. The summed E-state index contributed by atoms with van der Waals surface area (Å²) in [5, 5.41) is 12.8. The third-order valence-corrected chi connectivity index (χ3v) is 3.94. The van der Waals surface area contributed by atoms with Gasteiger partial charge in [-0.3, -0.25) is 10.2 Å². The third-order valence-electron chi connectivity index (χ3n) is 3.94. The fourth-order valence-electron chi connectivity index (χ4n) is 3.00. The number of nitrogens with one attached hydrogen (secondary N) is 1. The van der Waals surface area contributed by atoms with Gasteiger partial charge in [-0.1, -0.05) is 0 Å².